The van der Waals surface area contributed by atoms with Gasteiger partial charge in [-0.3, -0.25) is 9.78 Å². The van der Waals surface area contributed by atoms with Gasteiger partial charge in [0.25, 0.3) is 5.91 Å². The molecule has 138 valence electrons. The molecule has 6 heteroatoms. The van der Waals surface area contributed by atoms with Gasteiger partial charge in [-0.1, -0.05) is 18.2 Å². The third-order valence-electron chi connectivity index (χ3n) is 3.44. The summed E-state index contributed by atoms with van der Waals surface area (Å²) in [4.78, 5) is 28.0. The lowest BCUT2D eigenvalue weighted by atomic mass is 10.1. The molecular weight excluding hydrogens is 330 g/mol. The third kappa shape index (κ3) is 6.93. The van der Waals surface area contributed by atoms with Crippen molar-refractivity contribution in [2.24, 2.45) is 0 Å². The van der Waals surface area contributed by atoms with Crippen LogP contribution in [-0.2, 0) is 17.7 Å². The van der Waals surface area contributed by atoms with E-state index in [1.807, 2.05) is 51.1 Å². The number of hydrogen-bond acceptors (Lipinski definition) is 4. The van der Waals surface area contributed by atoms with E-state index < -0.39 is 11.7 Å². The lowest BCUT2D eigenvalue weighted by Crippen LogP contribution is -2.32. The molecule has 2 amide bonds. The summed E-state index contributed by atoms with van der Waals surface area (Å²) in [6, 6.07) is 12.8. The number of carbonyl (C=O) groups excluding carboxylic acids is 2. The van der Waals surface area contributed by atoms with Crippen molar-refractivity contribution in [2.45, 2.75) is 39.3 Å². The van der Waals surface area contributed by atoms with Gasteiger partial charge in [0, 0.05) is 37.0 Å². The molecule has 0 fully saturated rings. The highest BCUT2D eigenvalue weighted by Gasteiger charge is 2.15. The van der Waals surface area contributed by atoms with Gasteiger partial charge in [0.1, 0.15) is 5.60 Å². The van der Waals surface area contributed by atoms with Gasteiger partial charge in [-0.2, -0.15) is 0 Å². The molecule has 1 aromatic heterocycles. The molecule has 0 bridgehead atoms. The zero-order valence-electron chi connectivity index (χ0n) is 15.4. The Hall–Kier alpha value is -2.89. The van der Waals surface area contributed by atoms with Gasteiger partial charge in [-0.25, -0.2) is 4.79 Å². The van der Waals surface area contributed by atoms with E-state index in [4.69, 9.17) is 4.74 Å². The van der Waals surface area contributed by atoms with Crippen LogP contribution in [0.4, 0.5) is 4.79 Å². The van der Waals surface area contributed by atoms with E-state index in [1.165, 1.54) is 0 Å². The fourth-order valence-corrected chi connectivity index (χ4v) is 2.21. The predicted molar refractivity (Wildman–Crippen MR) is 99.8 cm³/mol. The average molecular weight is 355 g/mol. The number of amides is 2. The van der Waals surface area contributed by atoms with Gasteiger partial charge in [0.2, 0.25) is 0 Å². The van der Waals surface area contributed by atoms with Crippen molar-refractivity contribution in [1.29, 1.82) is 0 Å². The number of pyridine rings is 1. The second kappa shape index (κ2) is 8.99. The minimum Gasteiger partial charge on any atom is -0.444 e. The molecule has 0 saturated heterocycles. The molecule has 0 aliphatic rings. The van der Waals surface area contributed by atoms with Gasteiger partial charge >= 0.3 is 6.09 Å². The minimum atomic E-state index is -0.526. The zero-order chi connectivity index (χ0) is 19.0. The van der Waals surface area contributed by atoms with Crippen LogP contribution in [-0.4, -0.2) is 29.1 Å². The standard InChI is InChI=1S/C20H25N3O3/c1-20(2,3)26-19(25)23-14-15-7-9-16(10-8-15)18(24)22-13-11-17-6-4-5-12-21-17/h4-10,12H,11,13-14H2,1-3H3,(H,22,24)(H,23,25). The molecule has 26 heavy (non-hydrogen) atoms. The van der Waals surface area contributed by atoms with Gasteiger partial charge in [-0.05, 0) is 50.6 Å². The monoisotopic (exact) mass is 355 g/mol. The highest BCUT2D eigenvalue weighted by Crippen LogP contribution is 2.08. The number of alkyl carbamates (subject to hydrolysis) is 1. The fourth-order valence-electron chi connectivity index (χ4n) is 2.21. The maximum Gasteiger partial charge on any atom is 0.407 e. The van der Waals surface area contributed by atoms with E-state index in [1.54, 1.807) is 18.3 Å². The third-order valence-corrected chi connectivity index (χ3v) is 3.44. The number of carbonyl (C=O) groups is 2. The van der Waals surface area contributed by atoms with E-state index in [0.29, 0.717) is 25.1 Å². The Kier molecular flexibility index (Phi) is 6.72. The average Bonchev–Trinajstić information content (AvgIpc) is 2.60. The van der Waals surface area contributed by atoms with Crippen molar-refractivity contribution < 1.29 is 14.3 Å². The van der Waals surface area contributed by atoms with Crippen LogP contribution in [0.5, 0.6) is 0 Å². The number of hydrogen-bond donors (Lipinski definition) is 2. The first-order chi connectivity index (χ1) is 12.3. The smallest absolute Gasteiger partial charge is 0.407 e. The van der Waals surface area contributed by atoms with E-state index in [2.05, 4.69) is 15.6 Å². The quantitative estimate of drug-likeness (QED) is 0.834. The number of rotatable bonds is 6. The first kappa shape index (κ1) is 19.4. The highest BCUT2D eigenvalue weighted by molar-refractivity contribution is 5.94. The lowest BCUT2D eigenvalue weighted by molar-refractivity contribution is 0.0523. The summed E-state index contributed by atoms with van der Waals surface area (Å²) in [7, 11) is 0. The Labute approximate surface area is 154 Å². The molecule has 0 atom stereocenters. The van der Waals surface area contributed by atoms with Crippen molar-refractivity contribution in [2.75, 3.05) is 6.54 Å². The van der Waals surface area contributed by atoms with Crippen molar-refractivity contribution in [3.63, 3.8) is 0 Å². The molecule has 0 spiro atoms. The molecular formula is C20H25N3O3. The Morgan fingerprint density at radius 2 is 1.77 bits per heavy atom. The molecule has 2 aromatic rings. The van der Waals surface area contributed by atoms with E-state index >= 15 is 0 Å². The van der Waals surface area contributed by atoms with Gasteiger partial charge in [0.05, 0.1) is 0 Å². The van der Waals surface area contributed by atoms with Crippen molar-refractivity contribution >= 4 is 12.0 Å². The molecule has 1 heterocycles. The normalized spacial score (nSPS) is 10.9. The van der Waals surface area contributed by atoms with Gasteiger partial charge in [-0.15, -0.1) is 0 Å². The van der Waals surface area contributed by atoms with Crippen LogP contribution in [0.3, 0.4) is 0 Å². The highest BCUT2D eigenvalue weighted by atomic mass is 16.6. The summed E-state index contributed by atoms with van der Waals surface area (Å²) in [5.74, 6) is -0.132. The maximum absolute atomic E-state index is 12.1. The summed E-state index contributed by atoms with van der Waals surface area (Å²) in [6.07, 6.45) is 1.96. The predicted octanol–water partition coefficient (Wildman–Crippen LogP) is 3.08. The largest absolute Gasteiger partial charge is 0.444 e. The first-order valence-corrected chi connectivity index (χ1v) is 8.57. The summed E-state index contributed by atoms with van der Waals surface area (Å²) in [5.41, 5.74) is 1.88. The van der Waals surface area contributed by atoms with Crippen molar-refractivity contribution in [3.05, 3.63) is 65.5 Å². The number of ether oxygens (including phenoxy) is 1. The summed E-state index contributed by atoms with van der Waals surface area (Å²) < 4.78 is 5.18. The van der Waals surface area contributed by atoms with E-state index in [0.717, 1.165) is 11.3 Å². The molecule has 0 unspecified atom stereocenters. The van der Waals surface area contributed by atoms with E-state index in [-0.39, 0.29) is 5.91 Å². The Bertz CT molecular complexity index is 722. The van der Waals surface area contributed by atoms with Gasteiger partial charge < -0.3 is 15.4 Å². The SMILES string of the molecule is CC(C)(C)OC(=O)NCc1ccc(C(=O)NCCc2ccccn2)cc1. The van der Waals surface area contributed by atoms with Crippen LogP contribution in [0.2, 0.25) is 0 Å². The van der Waals surface area contributed by atoms with Crippen LogP contribution in [0.15, 0.2) is 48.7 Å². The Balaban J connectivity index is 1.77. The molecule has 0 saturated carbocycles. The number of nitrogens with one attached hydrogen (secondary N) is 2. The maximum atomic E-state index is 12.1. The van der Waals surface area contributed by atoms with Crippen LogP contribution >= 0.6 is 0 Å². The lowest BCUT2D eigenvalue weighted by Gasteiger charge is -2.19. The molecule has 0 radical (unpaired) electrons. The Morgan fingerprint density at radius 1 is 1.04 bits per heavy atom. The van der Waals surface area contributed by atoms with Crippen LogP contribution in [0.1, 0.15) is 42.4 Å². The van der Waals surface area contributed by atoms with Crippen molar-refractivity contribution in [3.8, 4) is 0 Å². The minimum absolute atomic E-state index is 0.132. The number of aromatic nitrogens is 1. The van der Waals surface area contributed by atoms with E-state index in [9.17, 15) is 9.59 Å². The molecule has 2 rings (SSSR count). The summed E-state index contributed by atoms with van der Waals surface area (Å²) in [5, 5.41) is 5.56. The second-order valence-electron chi connectivity index (χ2n) is 6.88. The van der Waals surface area contributed by atoms with Crippen LogP contribution in [0, 0.1) is 0 Å². The number of benzene rings is 1. The molecule has 6 nitrogen and oxygen atoms in total. The number of nitrogens with zero attached hydrogens (tertiary/aromatic N) is 1. The topological polar surface area (TPSA) is 80.3 Å². The van der Waals surface area contributed by atoms with Crippen LogP contribution < -0.4 is 10.6 Å². The second-order valence-corrected chi connectivity index (χ2v) is 6.88. The molecule has 2 N–H and O–H groups in total. The van der Waals surface area contributed by atoms with Crippen molar-refractivity contribution in [1.82, 2.24) is 15.6 Å². The Morgan fingerprint density at radius 3 is 2.38 bits per heavy atom. The zero-order valence-corrected chi connectivity index (χ0v) is 15.4. The van der Waals surface area contributed by atoms with Crippen LogP contribution in [0.25, 0.3) is 0 Å². The summed E-state index contributed by atoms with van der Waals surface area (Å²) in [6.45, 7) is 6.31. The fraction of sp³-hybridized carbons (Fsp3) is 0.350. The molecule has 1 aromatic carbocycles. The first-order valence-electron chi connectivity index (χ1n) is 8.57. The molecule has 0 aliphatic heterocycles. The summed E-state index contributed by atoms with van der Waals surface area (Å²) >= 11 is 0. The molecule has 0 aliphatic carbocycles. The van der Waals surface area contributed by atoms with Gasteiger partial charge in [0.15, 0.2) is 0 Å².